The second-order valence-corrected chi connectivity index (χ2v) is 8.45. The summed E-state index contributed by atoms with van der Waals surface area (Å²) in [6.07, 6.45) is 0. The lowest BCUT2D eigenvalue weighted by Gasteiger charge is -2.21. The van der Waals surface area contributed by atoms with Crippen LogP contribution >= 0.6 is 0 Å². The number of hydrogen-bond acceptors (Lipinski definition) is 4. The van der Waals surface area contributed by atoms with Crippen LogP contribution < -0.4 is 4.31 Å². The summed E-state index contributed by atoms with van der Waals surface area (Å²) in [5.74, 6) is 0.594. The minimum atomic E-state index is -3.70. The molecular formula is C20H22N2O3S. The summed E-state index contributed by atoms with van der Waals surface area (Å²) in [6.45, 7) is 7.53. The van der Waals surface area contributed by atoms with Crippen LogP contribution in [-0.4, -0.2) is 20.6 Å². The summed E-state index contributed by atoms with van der Waals surface area (Å²) >= 11 is 0. The van der Waals surface area contributed by atoms with E-state index in [4.69, 9.17) is 4.52 Å². The Labute approximate surface area is 154 Å². The lowest BCUT2D eigenvalue weighted by molar-refractivity contribution is 0.426. The fourth-order valence-corrected chi connectivity index (χ4v) is 4.19. The Balaban J connectivity index is 2.08. The molecular weight excluding hydrogens is 348 g/mol. The van der Waals surface area contributed by atoms with Gasteiger partial charge >= 0.3 is 0 Å². The maximum Gasteiger partial charge on any atom is 0.264 e. The third-order valence-electron chi connectivity index (χ3n) is 4.64. The monoisotopic (exact) mass is 370 g/mol. The first kappa shape index (κ1) is 18.2. The van der Waals surface area contributed by atoms with E-state index in [1.807, 2.05) is 39.0 Å². The molecule has 26 heavy (non-hydrogen) atoms. The molecule has 0 aliphatic carbocycles. The molecule has 0 aliphatic rings. The van der Waals surface area contributed by atoms with E-state index in [2.05, 4.69) is 5.16 Å². The average Bonchev–Trinajstić information content (AvgIpc) is 2.94. The van der Waals surface area contributed by atoms with Gasteiger partial charge in [0.05, 0.1) is 16.3 Å². The van der Waals surface area contributed by atoms with E-state index >= 15 is 0 Å². The van der Waals surface area contributed by atoms with Gasteiger partial charge in [-0.15, -0.1) is 0 Å². The quantitative estimate of drug-likeness (QED) is 0.683. The van der Waals surface area contributed by atoms with Crippen LogP contribution in [-0.2, 0) is 10.0 Å². The lowest BCUT2D eigenvalue weighted by Crippen LogP contribution is -2.27. The summed E-state index contributed by atoms with van der Waals surface area (Å²) < 4.78 is 33.1. The van der Waals surface area contributed by atoms with E-state index in [9.17, 15) is 8.42 Å². The molecule has 0 aliphatic heterocycles. The van der Waals surface area contributed by atoms with Crippen molar-refractivity contribution in [2.24, 2.45) is 0 Å². The number of aromatic nitrogens is 1. The average molecular weight is 370 g/mol. The molecule has 136 valence electrons. The second-order valence-electron chi connectivity index (χ2n) is 6.51. The molecule has 0 N–H and O–H groups in total. The molecule has 0 bridgehead atoms. The van der Waals surface area contributed by atoms with E-state index < -0.39 is 10.0 Å². The Morgan fingerprint density at radius 1 is 0.962 bits per heavy atom. The molecule has 0 saturated heterocycles. The van der Waals surface area contributed by atoms with Crippen LogP contribution in [0.1, 0.15) is 22.4 Å². The third-order valence-corrected chi connectivity index (χ3v) is 6.57. The van der Waals surface area contributed by atoms with Crippen LogP contribution in [0.5, 0.6) is 0 Å². The SMILES string of the molecule is Cc1ccc(N(C)S(=O)(=O)c2cc(-c3onc(C)c3C)ccc2C)cc1. The van der Waals surface area contributed by atoms with Crippen molar-refractivity contribution in [1.29, 1.82) is 0 Å². The molecule has 1 aromatic heterocycles. The van der Waals surface area contributed by atoms with Crippen molar-refractivity contribution in [2.45, 2.75) is 32.6 Å². The minimum Gasteiger partial charge on any atom is -0.356 e. The largest absolute Gasteiger partial charge is 0.356 e. The smallest absolute Gasteiger partial charge is 0.264 e. The zero-order chi connectivity index (χ0) is 19.1. The predicted molar refractivity (Wildman–Crippen MR) is 103 cm³/mol. The van der Waals surface area contributed by atoms with Crippen molar-refractivity contribution < 1.29 is 12.9 Å². The predicted octanol–water partition coefficient (Wildman–Crippen LogP) is 4.40. The van der Waals surface area contributed by atoms with Gasteiger partial charge in [-0.1, -0.05) is 35.0 Å². The maximum atomic E-state index is 13.2. The molecule has 3 rings (SSSR count). The highest BCUT2D eigenvalue weighted by atomic mass is 32.2. The Hall–Kier alpha value is -2.60. The number of aryl methyl sites for hydroxylation is 3. The third kappa shape index (κ3) is 3.12. The van der Waals surface area contributed by atoms with E-state index in [1.165, 1.54) is 4.31 Å². The fourth-order valence-electron chi connectivity index (χ4n) is 2.74. The van der Waals surface area contributed by atoms with Gasteiger partial charge in [-0.05, 0) is 51.5 Å². The maximum absolute atomic E-state index is 13.2. The Morgan fingerprint density at radius 2 is 1.62 bits per heavy atom. The first-order valence-corrected chi connectivity index (χ1v) is 9.75. The van der Waals surface area contributed by atoms with Crippen LogP contribution in [0.25, 0.3) is 11.3 Å². The van der Waals surface area contributed by atoms with E-state index in [0.29, 0.717) is 22.6 Å². The number of benzene rings is 2. The van der Waals surface area contributed by atoms with Crippen LogP contribution in [0.3, 0.4) is 0 Å². The normalized spacial score (nSPS) is 11.6. The van der Waals surface area contributed by atoms with Crippen molar-refractivity contribution in [1.82, 2.24) is 5.16 Å². The van der Waals surface area contributed by atoms with Gasteiger partial charge in [0.2, 0.25) is 0 Å². The molecule has 0 radical (unpaired) electrons. The highest BCUT2D eigenvalue weighted by Gasteiger charge is 2.25. The molecule has 6 heteroatoms. The van der Waals surface area contributed by atoms with Crippen molar-refractivity contribution in [3.05, 3.63) is 64.8 Å². The summed E-state index contributed by atoms with van der Waals surface area (Å²) in [7, 11) is -2.14. The number of hydrogen-bond donors (Lipinski definition) is 0. The van der Waals surface area contributed by atoms with Gasteiger partial charge in [-0.3, -0.25) is 4.31 Å². The Kier molecular flexibility index (Phi) is 4.63. The molecule has 0 fully saturated rings. The Morgan fingerprint density at radius 3 is 2.19 bits per heavy atom. The first-order chi connectivity index (χ1) is 12.2. The summed E-state index contributed by atoms with van der Waals surface area (Å²) in [5, 5.41) is 3.96. The van der Waals surface area contributed by atoms with Crippen LogP contribution in [0, 0.1) is 27.7 Å². The molecule has 0 spiro atoms. The highest BCUT2D eigenvalue weighted by Crippen LogP contribution is 2.31. The van der Waals surface area contributed by atoms with Gasteiger partial charge < -0.3 is 4.52 Å². The van der Waals surface area contributed by atoms with E-state index in [-0.39, 0.29) is 4.90 Å². The fraction of sp³-hybridized carbons (Fsp3) is 0.250. The van der Waals surface area contributed by atoms with Crippen LogP contribution in [0.2, 0.25) is 0 Å². The highest BCUT2D eigenvalue weighted by molar-refractivity contribution is 7.92. The summed E-state index contributed by atoms with van der Waals surface area (Å²) in [6, 6.07) is 12.7. The van der Waals surface area contributed by atoms with Crippen molar-refractivity contribution in [3.8, 4) is 11.3 Å². The lowest BCUT2D eigenvalue weighted by atomic mass is 10.1. The topological polar surface area (TPSA) is 63.4 Å². The molecule has 0 unspecified atom stereocenters. The molecule has 0 amide bonds. The van der Waals surface area contributed by atoms with Crippen LogP contribution in [0.4, 0.5) is 5.69 Å². The van der Waals surface area contributed by atoms with Crippen molar-refractivity contribution >= 4 is 15.7 Å². The van der Waals surface area contributed by atoms with Gasteiger partial charge in [0, 0.05) is 18.2 Å². The van der Waals surface area contributed by atoms with Gasteiger partial charge in [0.1, 0.15) is 0 Å². The zero-order valence-electron chi connectivity index (χ0n) is 15.6. The van der Waals surface area contributed by atoms with Gasteiger partial charge in [-0.25, -0.2) is 8.42 Å². The first-order valence-electron chi connectivity index (χ1n) is 8.31. The summed E-state index contributed by atoms with van der Waals surface area (Å²) in [5.41, 5.74) is 4.78. The molecule has 5 nitrogen and oxygen atoms in total. The number of rotatable bonds is 4. The zero-order valence-corrected chi connectivity index (χ0v) is 16.4. The summed E-state index contributed by atoms with van der Waals surface area (Å²) in [4.78, 5) is 0.256. The standard InChI is InChI=1S/C20H22N2O3S/c1-13-6-10-18(11-7-13)22(5)26(23,24)19-12-17(9-8-14(19)2)20-15(3)16(4)21-25-20/h6-12H,1-5H3. The van der Waals surface area contributed by atoms with Gasteiger partial charge in [0.25, 0.3) is 10.0 Å². The minimum absolute atomic E-state index is 0.256. The van der Waals surface area contributed by atoms with Gasteiger partial charge in [-0.2, -0.15) is 0 Å². The molecule has 2 aromatic carbocycles. The Bertz CT molecular complexity index is 1050. The number of nitrogens with zero attached hydrogens (tertiary/aromatic N) is 2. The van der Waals surface area contributed by atoms with Crippen LogP contribution in [0.15, 0.2) is 51.9 Å². The van der Waals surface area contributed by atoms with E-state index in [1.54, 1.807) is 38.2 Å². The van der Waals surface area contributed by atoms with Crippen molar-refractivity contribution in [2.75, 3.05) is 11.4 Å². The number of anilines is 1. The van der Waals surface area contributed by atoms with E-state index in [0.717, 1.165) is 16.8 Å². The molecule has 1 heterocycles. The number of sulfonamides is 1. The second kappa shape index (κ2) is 6.61. The van der Waals surface area contributed by atoms with Gasteiger partial charge in [0.15, 0.2) is 5.76 Å². The molecule has 0 atom stereocenters. The van der Waals surface area contributed by atoms with Crippen molar-refractivity contribution in [3.63, 3.8) is 0 Å². The molecule has 0 saturated carbocycles. The molecule has 3 aromatic rings.